The van der Waals surface area contributed by atoms with Gasteiger partial charge in [0, 0.05) is 18.7 Å². The molecule has 0 unspecified atom stereocenters. The first-order valence-electron chi connectivity index (χ1n) is 9.30. The summed E-state index contributed by atoms with van der Waals surface area (Å²) in [5.41, 5.74) is 1.70. The van der Waals surface area contributed by atoms with E-state index in [4.69, 9.17) is 4.74 Å². The molecule has 152 valence electrons. The maximum Gasteiger partial charge on any atom is 0.251 e. The van der Waals surface area contributed by atoms with Gasteiger partial charge in [-0.1, -0.05) is 30.3 Å². The SMILES string of the molecule is CCNC(=O)c1ccc(CN=C(NCC)NCCOc2ccccc2)cc1.I. The molecule has 2 aromatic rings. The molecule has 28 heavy (non-hydrogen) atoms. The second-order valence-electron chi connectivity index (χ2n) is 5.84. The number of hydrogen-bond acceptors (Lipinski definition) is 3. The zero-order valence-corrected chi connectivity index (χ0v) is 18.7. The van der Waals surface area contributed by atoms with Gasteiger partial charge in [-0.3, -0.25) is 4.79 Å². The predicted octanol–water partition coefficient (Wildman–Crippen LogP) is 3.19. The normalized spacial score (nSPS) is 10.6. The Labute approximate surface area is 184 Å². The fourth-order valence-electron chi connectivity index (χ4n) is 2.39. The molecule has 0 aliphatic carbocycles. The van der Waals surface area contributed by atoms with Crippen molar-refractivity contribution in [3.05, 3.63) is 65.7 Å². The number of aliphatic imine (C=N–C) groups is 1. The highest BCUT2D eigenvalue weighted by Gasteiger charge is 2.03. The summed E-state index contributed by atoms with van der Waals surface area (Å²) < 4.78 is 5.67. The van der Waals surface area contributed by atoms with Crippen LogP contribution in [0, 0.1) is 0 Å². The Hall–Kier alpha value is -2.29. The van der Waals surface area contributed by atoms with Crippen LogP contribution < -0.4 is 20.7 Å². The lowest BCUT2D eigenvalue weighted by molar-refractivity contribution is 0.0956. The molecule has 2 aromatic carbocycles. The molecule has 7 heteroatoms. The van der Waals surface area contributed by atoms with Crippen molar-refractivity contribution in [2.45, 2.75) is 20.4 Å². The third kappa shape index (κ3) is 8.60. The lowest BCUT2D eigenvalue weighted by Gasteiger charge is -2.12. The van der Waals surface area contributed by atoms with Gasteiger partial charge in [-0.15, -0.1) is 24.0 Å². The second kappa shape index (κ2) is 13.8. The van der Waals surface area contributed by atoms with Crippen LogP contribution >= 0.6 is 24.0 Å². The van der Waals surface area contributed by atoms with Crippen LogP contribution in [0.25, 0.3) is 0 Å². The number of halogens is 1. The largest absolute Gasteiger partial charge is 0.492 e. The van der Waals surface area contributed by atoms with Crippen LogP contribution in [0.5, 0.6) is 5.75 Å². The van der Waals surface area contributed by atoms with Gasteiger partial charge in [0.15, 0.2) is 5.96 Å². The third-order valence-electron chi connectivity index (χ3n) is 3.72. The fraction of sp³-hybridized carbons (Fsp3) is 0.333. The Balaban J connectivity index is 0.00000392. The van der Waals surface area contributed by atoms with E-state index in [9.17, 15) is 4.79 Å². The van der Waals surface area contributed by atoms with Crippen LogP contribution in [-0.4, -0.2) is 38.1 Å². The summed E-state index contributed by atoms with van der Waals surface area (Å²) in [6, 6.07) is 17.2. The van der Waals surface area contributed by atoms with Crippen molar-refractivity contribution in [2.24, 2.45) is 4.99 Å². The molecule has 0 radical (unpaired) electrons. The third-order valence-corrected chi connectivity index (χ3v) is 3.72. The van der Waals surface area contributed by atoms with Crippen LogP contribution in [-0.2, 0) is 6.54 Å². The minimum Gasteiger partial charge on any atom is -0.492 e. The monoisotopic (exact) mass is 496 g/mol. The highest BCUT2D eigenvalue weighted by Crippen LogP contribution is 2.07. The molecule has 0 aliphatic heterocycles. The average molecular weight is 496 g/mol. The number of amides is 1. The van der Waals surface area contributed by atoms with Crippen molar-refractivity contribution in [1.82, 2.24) is 16.0 Å². The highest BCUT2D eigenvalue weighted by atomic mass is 127. The van der Waals surface area contributed by atoms with Gasteiger partial charge in [0.25, 0.3) is 5.91 Å². The summed E-state index contributed by atoms with van der Waals surface area (Å²) in [5.74, 6) is 1.54. The van der Waals surface area contributed by atoms with Crippen LogP contribution in [0.3, 0.4) is 0 Å². The number of rotatable bonds is 9. The zero-order chi connectivity index (χ0) is 19.3. The highest BCUT2D eigenvalue weighted by molar-refractivity contribution is 14.0. The minimum atomic E-state index is -0.0547. The van der Waals surface area contributed by atoms with E-state index in [2.05, 4.69) is 20.9 Å². The molecule has 3 N–H and O–H groups in total. The number of nitrogens with zero attached hydrogens (tertiary/aromatic N) is 1. The van der Waals surface area contributed by atoms with Gasteiger partial charge in [0.1, 0.15) is 12.4 Å². The molecular weight excluding hydrogens is 467 g/mol. The van der Waals surface area contributed by atoms with E-state index in [-0.39, 0.29) is 29.9 Å². The first-order chi connectivity index (χ1) is 13.2. The van der Waals surface area contributed by atoms with Gasteiger partial charge in [-0.2, -0.15) is 0 Å². The minimum absolute atomic E-state index is 0. The van der Waals surface area contributed by atoms with Gasteiger partial charge in [0.05, 0.1) is 13.1 Å². The van der Waals surface area contributed by atoms with Crippen LogP contribution in [0.1, 0.15) is 29.8 Å². The Kier molecular flexibility index (Phi) is 11.7. The standard InChI is InChI=1S/C21H28N4O2.HI/c1-3-22-20(26)18-12-10-17(11-13-18)16-25-21(23-4-2)24-14-15-27-19-8-6-5-7-9-19;/h5-13H,3-4,14-16H2,1-2H3,(H,22,26)(H2,23,24,25);1H. The smallest absolute Gasteiger partial charge is 0.251 e. The molecule has 0 heterocycles. The van der Waals surface area contributed by atoms with Gasteiger partial charge in [-0.25, -0.2) is 4.99 Å². The number of para-hydroxylation sites is 1. The molecule has 0 aliphatic rings. The van der Waals surface area contributed by atoms with Crippen LogP contribution in [0.15, 0.2) is 59.6 Å². The van der Waals surface area contributed by atoms with Crippen molar-refractivity contribution in [2.75, 3.05) is 26.2 Å². The predicted molar refractivity (Wildman–Crippen MR) is 125 cm³/mol. The van der Waals surface area contributed by atoms with E-state index < -0.39 is 0 Å². The molecule has 0 saturated carbocycles. The second-order valence-corrected chi connectivity index (χ2v) is 5.84. The lowest BCUT2D eigenvalue weighted by Crippen LogP contribution is -2.39. The molecule has 1 amide bonds. The maximum atomic E-state index is 11.8. The summed E-state index contributed by atoms with van der Waals surface area (Å²) in [6.45, 7) is 7.06. The van der Waals surface area contributed by atoms with Crippen molar-refractivity contribution < 1.29 is 9.53 Å². The molecule has 0 bridgehead atoms. The van der Waals surface area contributed by atoms with Crippen LogP contribution in [0.2, 0.25) is 0 Å². The van der Waals surface area contributed by atoms with E-state index in [1.54, 1.807) is 0 Å². The number of carbonyl (C=O) groups is 1. The first kappa shape index (κ1) is 23.7. The molecule has 0 aromatic heterocycles. The average Bonchev–Trinajstić information content (AvgIpc) is 2.70. The van der Waals surface area contributed by atoms with E-state index >= 15 is 0 Å². The summed E-state index contributed by atoms with van der Waals surface area (Å²) in [4.78, 5) is 16.4. The van der Waals surface area contributed by atoms with E-state index in [0.29, 0.717) is 31.8 Å². The van der Waals surface area contributed by atoms with Crippen molar-refractivity contribution in [1.29, 1.82) is 0 Å². The van der Waals surface area contributed by atoms with E-state index in [1.165, 1.54) is 0 Å². The van der Waals surface area contributed by atoms with Gasteiger partial charge >= 0.3 is 0 Å². The summed E-state index contributed by atoms with van der Waals surface area (Å²) in [6.07, 6.45) is 0. The fourth-order valence-corrected chi connectivity index (χ4v) is 2.39. The Morgan fingerprint density at radius 3 is 2.25 bits per heavy atom. The lowest BCUT2D eigenvalue weighted by atomic mass is 10.1. The van der Waals surface area contributed by atoms with Gasteiger partial charge < -0.3 is 20.7 Å². The van der Waals surface area contributed by atoms with Gasteiger partial charge in [0.2, 0.25) is 0 Å². The molecule has 0 saturated heterocycles. The molecular formula is C21H29IN4O2. The molecule has 0 spiro atoms. The Morgan fingerprint density at radius 1 is 0.929 bits per heavy atom. The van der Waals surface area contributed by atoms with Crippen LogP contribution in [0.4, 0.5) is 0 Å². The maximum absolute atomic E-state index is 11.8. The molecule has 2 rings (SSSR count). The van der Waals surface area contributed by atoms with Crippen molar-refractivity contribution >= 4 is 35.8 Å². The first-order valence-corrected chi connectivity index (χ1v) is 9.30. The van der Waals surface area contributed by atoms with E-state index in [0.717, 1.165) is 23.8 Å². The number of ether oxygens (including phenoxy) is 1. The molecule has 0 fully saturated rings. The van der Waals surface area contributed by atoms with E-state index in [1.807, 2.05) is 68.4 Å². The number of carbonyl (C=O) groups excluding carboxylic acids is 1. The molecule has 6 nitrogen and oxygen atoms in total. The summed E-state index contributed by atoms with van der Waals surface area (Å²) in [7, 11) is 0. The van der Waals surface area contributed by atoms with Crippen molar-refractivity contribution in [3.8, 4) is 5.75 Å². The number of guanidine groups is 1. The number of benzene rings is 2. The Bertz CT molecular complexity index is 721. The topological polar surface area (TPSA) is 74.8 Å². The van der Waals surface area contributed by atoms with Gasteiger partial charge in [-0.05, 0) is 43.7 Å². The molecule has 0 atom stereocenters. The number of nitrogens with one attached hydrogen (secondary N) is 3. The number of hydrogen-bond donors (Lipinski definition) is 3. The summed E-state index contributed by atoms with van der Waals surface area (Å²) >= 11 is 0. The van der Waals surface area contributed by atoms with Crippen molar-refractivity contribution in [3.63, 3.8) is 0 Å². The Morgan fingerprint density at radius 2 is 1.61 bits per heavy atom. The zero-order valence-electron chi connectivity index (χ0n) is 16.4. The summed E-state index contributed by atoms with van der Waals surface area (Å²) in [5, 5.41) is 9.26. The quantitative estimate of drug-likeness (QED) is 0.216.